The second-order valence-electron chi connectivity index (χ2n) is 5.41. The van der Waals surface area contributed by atoms with Gasteiger partial charge in [-0.2, -0.15) is 0 Å². The predicted octanol–water partition coefficient (Wildman–Crippen LogP) is 2.10. The third kappa shape index (κ3) is 3.39. The van der Waals surface area contributed by atoms with E-state index in [1.165, 1.54) is 12.8 Å². The molecule has 0 amide bonds. The number of hydrogen-bond acceptors (Lipinski definition) is 2. The molecule has 1 aliphatic carbocycles. The Kier molecular flexibility index (Phi) is 4.14. The topological polar surface area (TPSA) is 15.3 Å². The Morgan fingerprint density at radius 3 is 2.31 bits per heavy atom. The minimum atomic E-state index is -2.18. The van der Waals surface area contributed by atoms with Crippen molar-refractivity contribution >= 4 is 0 Å². The van der Waals surface area contributed by atoms with E-state index < -0.39 is 6.43 Å². The van der Waals surface area contributed by atoms with Crippen LogP contribution in [0, 0.1) is 5.92 Å². The summed E-state index contributed by atoms with van der Waals surface area (Å²) < 4.78 is 24.4. The van der Waals surface area contributed by atoms with E-state index in [4.69, 9.17) is 0 Å². The normalized spacial score (nSPS) is 33.0. The van der Waals surface area contributed by atoms with Gasteiger partial charge in [0.05, 0.1) is 6.54 Å². The van der Waals surface area contributed by atoms with Crippen molar-refractivity contribution in [2.75, 3.05) is 19.6 Å². The van der Waals surface area contributed by atoms with Crippen molar-refractivity contribution in [3.8, 4) is 0 Å². The van der Waals surface area contributed by atoms with Crippen LogP contribution in [0.5, 0.6) is 0 Å². The summed E-state index contributed by atoms with van der Waals surface area (Å²) in [6.45, 7) is 3.88. The number of piperidine rings is 1. The minimum Gasteiger partial charge on any atom is -0.311 e. The molecule has 0 bridgehead atoms. The molecule has 0 aromatic heterocycles. The van der Waals surface area contributed by atoms with Crippen molar-refractivity contribution < 1.29 is 8.78 Å². The van der Waals surface area contributed by atoms with Crippen LogP contribution < -0.4 is 5.32 Å². The number of alkyl halides is 2. The number of likely N-dealkylation sites (tertiary alicyclic amines) is 1. The lowest BCUT2D eigenvalue weighted by Gasteiger charge is -2.39. The molecular formula is C12H22F2N2. The molecule has 0 unspecified atom stereocenters. The van der Waals surface area contributed by atoms with E-state index in [1.54, 1.807) is 0 Å². The lowest BCUT2D eigenvalue weighted by atomic mass is 9.81. The van der Waals surface area contributed by atoms with Gasteiger partial charge in [0.1, 0.15) is 0 Å². The molecule has 0 spiro atoms. The smallest absolute Gasteiger partial charge is 0.251 e. The summed E-state index contributed by atoms with van der Waals surface area (Å²) in [5.41, 5.74) is 0. The molecule has 2 aliphatic rings. The second-order valence-corrected chi connectivity index (χ2v) is 5.41. The Bertz CT molecular complexity index is 209. The third-order valence-electron chi connectivity index (χ3n) is 3.83. The molecule has 1 heterocycles. The summed E-state index contributed by atoms with van der Waals surface area (Å²) in [5.74, 6) is 0.872. The van der Waals surface area contributed by atoms with Crippen LogP contribution in [0.25, 0.3) is 0 Å². The molecule has 1 saturated heterocycles. The number of hydrogen-bond donors (Lipinski definition) is 1. The highest BCUT2D eigenvalue weighted by Gasteiger charge is 2.29. The summed E-state index contributed by atoms with van der Waals surface area (Å²) in [5, 5.41) is 3.65. The lowest BCUT2D eigenvalue weighted by Crippen LogP contribution is -2.50. The van der Waals surface area contributed by atoms with Gasteiger partial charge in [-0.3, -0.25) is 4.90 Å². The Labute approximate surface area is 96.4 Å². The Hall–Kier alpha value is -0.220. The molecule has 94 valence electrons. The first-order valence-electron chi connectivity index (χ1n) is 6.40. The third-order valence-corrected chi connectivity index (χ3v) is 3.83. The fourth-order valence-electron chi connectivity index (χ4n) is 2.85. The van der Waals surface area contributed by atoms with E-state index in [2.05, 4.69) is 12.2 Å². The summed E-state index contributed by atoms with van der Waals surface area (Å²) in [6.07, 6.45) is 2.45. The van der Waals surface area contributed by atoms with Gasteiger partial charge in [0.2, 0.25) is 0 Å². The summed E-state index contributed by atoms with van der Waals surface area (Å²) in [7, 11) is 0. The zero-order chi connectivity index (χ0) is 11.5. The summed E-state index contributed by atoms with van der Waals surface area (Å²) in [6, 6.07) is 1.26. The molecule has 0 atom stereocenters. The van der Waals surface area contributed by atoms with E-state index >= 15 is 0 Å². The van der Waals surface area contributed by atoms with Crippen LogP contribution in [-0.2, 0) is 0 Å². The molecule has 1 aliphatic heterocycles. The summed E-state index contributed by atoms with van der Waals surface area (Å²) in [4.78, 5) is 1.88. The van der Waals surface area contributed by atoms with E-state index in [9.17, 15) is 8.78 Å². The van der Waals surface area contributed by atoms with E-state index in [0.717, 1.165) is 31.8 Å². The van der Waals surface area contributed by atoms with Crippen molar-refractivity contribution in [1.29, 1.82) is 0 Å². The van der Waals surface area contributed by atoms with E-state index in [0.29, 0.717) is 12.1 Å². The molecule has 0 aromatic rings. The molecule has 2 fully saturated rings. The number of nitrogens with one attached hydrogen (secondary N) is 1. The molecule has 0 radical (unpaired) electrons. The van der Waals surface area contributed by atoms with Crippen molar-refractivity contribution in [2.45, 2.75) is 51.1 Å². The molecule has 1 N–H and O–H groups in total. The highest BCUT2D eigenvalue weighted by molar-refractivity contribution is 4.87. The Morgan fingerprint density at radius 1 is 1.19 bits per heavy atom. The van der Waals surface area contributed by atoms with Crippen LogP contribution in [0.1, 0.15) is 32.6 Å². The maximum atomic E-state index is 12.2. The standard InChI is InChI=1S/C12H22F2N2/c1-9-6-11(7-9)15-10-2-4-16(5-3-10)8-12(13)14/h9-12,15H,2-8H2,1H3. The van der Waals surface area contributed by atoms with Crippen molar-refractivity contribution in [3.05, 3.63) is 0 Å². The highest BCUT2D eigenvalue weighted by Crippen LogP contribution is 2.27. The predicted molar refractivity (Wildman–Crippen MR) is 60.8 cm³/mol. The van der Waals surface area contributed by atoms with Gasteiger partial charge in [0, 0.05) is 12.1 Å². The maximum Gasteiger partial charge on any atom is 0.251 e. The highest BCUT2D eigenvalue weighted by atomic mass is 19.3. The Morgan fingerprint density at radius 2 is 1.81 bits per heavy atom. The van der Waals surface area contributed by atoms with Gasteiger partial charge < -0.3 is 5.32 Å². The van der Waals surface area contributed by atoms with Gasteiger partial charge in [0.25, 0.3) is 6.43 Å². The second kappa shape index (κ2) is 5.41. The van der Waals surface area contributed by atoms with Crippen LogP contribution in [-0.4, -0.2) is 43.0 Å². The fourth-order valence-corrected chi connectivity index (χ4v) is 2.85. The quantitative estimate of drug-likeness (QED) is 0.798. The van der Waals surface area contributed by atoms with Crippen LogP contribution in [0.15, 0.2) is 0 Å². The lowest BCUT2D eigenvalue weighted by molar-refractivity contribution is 0.0693. The molecule has 16 heavy (non-hydrogen) atoms. The van der Waals surface area contributed by atoms with Crippen LogP contribution in [0.2, 0.25) is 0 Å². The summed E-state index contributed by atoms with van der Waals surface area (Å²) >= 11 is 0. The Balaban J connectivity index is 1.61. The zero-order valence-corrected chi connectivity index (χ0v) is 9.96. The molecular weight excluding hydrogens is 210 g/mol. The van der Waals surface area contributed by atoms with E-state index in [1.807, 2.05) is 4.90 Å². The largest absolute Gasteiger partial charge is 0.311 e. The van der Waals surface area contributed by atoms with Crippen LogP contribution >= 0.6 is 0 Å². The van der Waals surface area contributed by atoms with Gasteiger partial charge in [0.15, 0.2) is 0 Å². The first-order valence-corrected chi connectivity index (χ1v) is 6.40. The average molecular weight is 232 g/mol. The van der Waals surface area contributed by atoms with Gasteiger partial charge in [-0.15, -0.1) is 0 Å². The number of nitrogens with zero attached hydrogens (tertiary/aromatic N) is 1. The number of halogens is 2. The maximum absolute atomic E-state index is 12.2. The zero-order valence-electron chi connectivity index (χ0n) is 9.96. The monoisotopic (exact) mass is 232 g/mol. The molecule has 2 nitrogen and oxygen atoms in total. The molecule has 4 heteroatoms. The number of rotatable bonds is 4. The molecule has 0 aromatic carbocycles. The van der Waals surface area contributed by atoms with Crippen LogP contribution in [0.4, 0.5) is 8.78 Å². The van der Waals surface area contributed by atoms with Crippen molar-refractivity contribution in [1.82, 2.24) is 10.2 Å². The minimum absolute atomic E-state index is 0.0484. The SMILES string of the molecule is CC1CC(NC2CCN(CC(F)F)CC2)C1. The van der Waals surface area contributed by atoms with Crippen LogP contribution in [0.3, 0.4) is 0 Å². The first-order chi connectivity index (χ1) is 7.63. The van der Waals surface area contributed by atoms with Gasteiger partial charge in [-0.1, -0.05) is 6.92 Å². The van der Waals surface area contributed by atoms with Gasteiger partial charge in [-0.25, -0.2) is 8.78 Å². The fraction of sp³-hybridized carbons (Fsp3) is 1.00. The molecule has 2 rings (SSSR count). The van der Waals surface area contributed by atoms with Gasteiger partial charge in [-0.05, 0) is 44.7 Å². The van der Waals surface area contributed by atoms with Crippen molar-refractivity contribution in [3.63, 3.8) is 0 Å². The van der Waals surface area contributed by atoms with Crippen molar-refractivity contribution in [2.24, 2.45) is 5.92 Å². The molecule has 1 saturated carbocycles. The van der Waals surface area contributed by atoms with Gasteiger partial charge >= 0.3 is 0 Å². The first kappa shape index (κ1) is 12.2. The van der Waals surface area contributed by atoms with E-state index in [-0.39, 0.29) is 6.54 Å². The average Bonchev–Trinajstić information content (AvgIpc) is 2.18.